The molecule has 7 nitrogen and oxygen atoms in total. The van der Waals surface area contributed by atoms with Crippen LogP contribution in [-0.2, 0) is 14.8 Å². The normalized spacial score (nSPS) is 17.5. The van der Waals surface area contributed by atoms with Crippen LogP contribution in [0.4, 0.5) is 5.69 Å². The molecule has 1 fully saturated rings. The van der Waals surface area contributed by atoms with Gasteiger partial charge in [-0.05, 0) is 61.4 Å². The highest BCUT2D eigenvalue weighted by atomic mass is 32.2. The van der Waals surface area contributed by atoms with Gasteiger partial charge in [-0.1, -0.05) is 6.42 Å². The first-order chi connectivity index (χ1) is 13.9. The molecule has 3 rings (SSSR count). The third-order valence-electron chi connectivity index (χ3n) is 5.03. The summed E-state index contributed by atoms with van der Waals surface area (Å²) in [6, 6.07) is 13.0. The highest BCUT2D eigenvalue weighted by Crippen LogP contribution is 2.28. The van der Waals surface area contributed by atoms with Crippen molar-refractivity contribution in [1.82, 2.24) is 4.31 Å². The quantitative estimate of drug-likeness (QED) is 0.746. The molecular formula is C21H26N2O5S. The molecule has 0 spiro atoms. The van der Waals surface area contributed by atoms with Crippen LogP contribution in [0.2, 0.25) is 0 Å². The van der Waals surface area contributed by atoms with Crippen molar-refractivity contribution < 1.29 is 22.7 Å². The van der Waals surface area contributed by atoms with Crippen molar-refractivity contribution in [2.24, 2.45) is 0 Å². The molecule has 8 heteroatoms. The van der Waals surface area contributed by atoms with Gasteiger partial charge in [-0.25, -0.2) is 8.42 Å². The summed E-state index contributed by atoms with van der Waals surface area (Å²) in [6.45, 7) is 0.412. The van der Waals surface area contributed by atoms with Crippen LogP contribution >= 0.6 is 0 Å². The first-order valence-corrected chi connectivity index (χ1v) is 11.0. The fraction of sp³-hybridized carbons (Fsp3) is 0.381. The molecule has 1 atom stereocenters. The topological polar surface area (TPSA) is 84.9 Å². The van der Waals surface area contributed by atoms with Crippen LogP contribution in [0.1, 0.15) is 25.7 Å². The summed E-state index contributed by atoms with van der Waals surface area (Å²) in [7, 11) is -0.571. The molecule has 2 aromatic carbocycles. The Labute approximate surface area is 171 Å². The first-order valence-electron chi connectivity index (χ1n) is 9.54. The number of nitrogens with zero attached hydrogens (tertiary/aromatic N) is 1. The van der Waals surface area contributed by atoms with Crippen molar-refractivity contribution in [3.63, 3.8) is 0 Å². The molecule has 0 aromatic heterocycles. The van der Waals surface area contributed by atoms with Crippen molar-refractivity contribution in [3.05, 3.63) is 48.5 Å². The van der Waals surface area contributed by atoms with Crippen LogP contribution in [0.15, 0.2) is 53.4 Å². The average Bonchev–Trinajstić information content (AvgIpc) is 2.74. The third-order valence-corrected chi connectivity index (χ3v) is 7.00. The number of methoxy groups -OCH3 is 2. The number of carbonyl (C=O) groups is 1. The van der Waals surface area contributed by atoms with Gasteiger partial charge in [-0.2, -0.15) is 4.31 Å². The number of piperidine rings is 1. The van der Waals surface area contributed by atoms with Gasteiger partial charge in [-0.3, -0.25) is 4.79 Å². The van der Waals surface area contributed by atoms with E-state index in [0.717, 1.165) is 12.8 Å². The maximum Gasteiger partial charge on any atom is 0.243 e. The summed E-state index contributed by atoms with van der Waals surface area (Å²) in [6.07, 6.45) is 2.45. The Kier molecular flexibility index (Phi) is 6.76. The smallest absolute Gasteiger partial charge is 0.243 e. The van der Waals surface area contributed by atoms with Gasteiger partial charge in [0.25, 0.3) is 0 Å². The lowest BCUT2D eigenvalue weighted by molar-refractivity contribution is -0.117. The number of hydrogen-bond acceptors (Lipinski definition) is 5. The van der Waals surface area contributed by atoms with Crippen LogP contribution in [0.5, 0.6) is 11.5 Å². The summed E-state index contributed by atoms with van der Waals surface area (Å²) >= 11 is 0. The lowest BCUT2D eigenvalue weighted by atomic mass is 10.0. The number of amides is 1. The van der Waals surface area contributed by atoms with Crippen molar-refractivity contribution >= 4 is 21.6 Å². The summed E-state index contributed by atoms with van der Waals surface area (Å²) in [5, 5.41) is 2.83. The van der Waals surface area contributed by atoms with Crippen molar-refractivity contribution in [1.29, 1.82) is 0 Å². The maximum absolute atomic E-state index is 13.1. The summed E-state index contributed by atoms with van der Waals surface area (Å²) in [4.78, 5) is 12.8. The fourth-order valence-electron chi connectivity index (χ4n) is 3.48. The monoisotopic (exact) mass is 418 g/mol. The van der Waals surface area contributed by atoms with Gasteiger partial charge >= 0.3 is 0 Å². The zero-order valence-electron chi connectivity index (χ0n) is 16.6. The lowest BCUT2D eigenvalue weighted by Crippen LogP contribution is -2.45. The number of rotatable bonds is 7. The second-order valence-corrected chi connectivity index (χ2v) is 8.81. The molecule has 1 unspecified atom stereocenters. The molecule has 1 amide bonds. The number of sulfonamides is 1. The second kappa shape index (κ2) is 9.28. The van der Waals surface area contributed by atoms with Crippen LogP contribution in [-0.4, -0.2) is 45.4 Å². The van der Waals surface area contributed by atoms with Gasteiger partial charge < -0.3 is 14.8 Å². The predicted molar refractivity (Wildman–Crippen MR) is 111 cm³/mol. The fourth-order valence-corrected chi connectivity index (χ4v) is 5.17. The van der Waals surface area contributed by atoms with Gasteiger partial charge in [0.05, 0.1) is 19.1 Å². The molecule has 1 heterocycles. The predicted octanol–water partition coefficient (Wildman–Crippen LogP) is 3.28. The van der Waals surface area contributed by atoms with Gasteiger partial charge in [0.1, 0.15) is 11.5 Å². The molecule has 0 radical (unpaired) electrons. The number of ether oxygens (including phenoxy) is 2. The Balaban J connectivity index is 1.71. The average molecular weight is 419 g/mol. The number of benzene rings is 2. The molecule has 0 saturated carbocycles. The molecule has 1 aliphatic rings. The Hall–Kier alpha value is -2.58. The van der Waals surface area contributed by atoms with Crippen molar-refractivity contribution in [2.75, 3.05) is 26.1 Å². The first kappa shape index (κ1) is 21.1. The van der Waals surface area contributed by atoms with Gasteiger partial charge in [0.15, 0.2) is 0 Å². The molecule has 0 aliphatic carbocycles. The minimum absolute atomic E-state index is 0.113. The van der Waals surface area contributed by atoms with E-state index < -0.39 is 10.0 Å². The SMILES string of the molecule is COc1ccc(NC(=O)CC2CCCCN2S(=O)(=O)c2ccc(OC)cc2)cc1. The van der Waals surface area contributed by atoms with E-state index >= 15 is 0 Å². The molecule has 29 heavy (non-hydrogen) atoms. The van der Waals surface area contributed by atoms with E-state index in [-0.39, 0.29) is 23.3 Å². The van der Waals surface area contributed by atoms with E-state index in [0.29, 0.717) is 30.2 Å². The largest absolute Gasteiger partial charge is 0.497 e. The summed E-state index contributed by atoms with van der Waals surface area (Å²) in [5.41, 5.74) is 0.649. The second-order valence-electron chi connectivity index (χ2n) is 6.92. The molecule has 156 valence electrons. The Morgan fingerprint density at radius 3 is 2.17 bits per heavy atom. The highest BCUT2D eigenvalue weighted by Gasteiger charge is 2.34. The number of carbonyl (C=O) groups excluding carboxylic acids is 1. The van der Waals surface area contributed by atoms with Crippen LogP contribution in [0, 0.1) is 0 Å². The molecule has 1 aliphatic heterocycles. The summed E-state index contributed by atoms with van der Waals surface area (Å²) in [5.74, 6) is 1.09. The van der Waals surface area contributed by atoms with Crippen molar-refractivity contribution in [3.8, 4) is 11.5 Å². The highest BCUT2D eigenvalue weighted by molar-refractivity contribution is 7.89. The van der Waals surface area contributed by atoms with Crippen molar-refractivity contribution in [2.45, 2.75) is 36.6 Å². The van der Waals surface area contributed by atoms with E-state index in [4.69, 9.17) is 9.47 Å². The number of hydrogen-bond donors (Lipinski definition) is 1. The zero-order chi connectivity index (χ0) is 20.9. The van der Waals surface area contributed by atoms with Gasteiger partial charge in [-0.15, -0.1) is 0 Å². The number of nitrogens with one attached hydrogen (secondary N) is 1. The minimum Gasteiger partial charge on any atom is -0.497 e. The molecule has 1 N–H and O–H groups in total. The van der Waals surface area contributed by atoms with E-state index in [9.17, 15) is 13.2 Å². The minimum atomic E-state index is -3.68. The van der Waals surface area contributed by atoms with E-state index in [2.05, 4.69) is 5.32 Å². The van der Waals surface area contributed by atoms with E-state index in [1.165, 1.54) is 23.5 Å². The molecule has 2 aromatic rings. The van der Waals surface area contributed by atoms with Crippen LogP contribution in [0.25, 0.3) is 0 Å². The van der Waals surface area contributed by atoms with Crippen LogP contribution in [0.3, 0.4) is 0 Å². The molecule has 0 bridgehead atoms. The lowest BCUT2D eigenvalue weighted by Gasteiger charge is -2.34. The summed E-state index contributed by atoms with van der Waals surface area (Å²) < 4.78 is 38.0. The van der Waals surface area contributed by atoms with Gasteiger partial charge in [0, 0.05) is 24.7 Å². The molecule has 1 saturated heterocycles. The van der Waals surface area contributed by atoms with E-state index in [1.807, 2.05) is 0 Å². The zero-order valence-corrected chi connectivity index (χ0v) is 17.4. The number of anilines is 1. The third kappa shape index (κ3) is 5.07. The van der Waals surface area contributed by atoms with Gasteiger partial charge in [0.2, 0.25) is 15.9 Å². The Bertz CT molecular complexity index is 927. The standard InChI is InChI=1S/C21H26N2O5S/c1-27-18-8-6-16(7-9-18)22-21(24)15-17-5-3-4-14-23(17)29(25,26)20-12-10-19(28-2)11-13-20/h6-13,17H,3-5,14-15H2,1-2H3,(H,22,24). The Morgan fingerprint density at radius 2 is 1.59 bits per heavy atom. The Morgan fingerprint density at radius 1 is 1.00 bits per heavy atom. The maximum atomic E-state index is 13.1. The molecular weight excluding hydrogens is 392 g/mol. The van der Waals surface area contributed by atoms with E-state index in [1.54, 1.807) is 43.5 Å². The van der Waals surface area contributed by atoms with Crippen LogP contribution < -0.4 is 14.8 Å².